The molecule has 0 aliphatic heterocycles. The third-order valence-electron chi connectivity index (χ3n) is 5.11. The molecule has 0 atom stereocenters. The topological polar surface area (TPSA) is 104 Å². The second-order valence-corrected chi connectivity index (χ2v) is 8.02. The number of nitrogens with one attached hydrogen (secondary N) is 3. The van der Waals surface area contributed by atoms with E-state index in [1.165, 1.54) is 4.52 Å². The van der Waals surface area contributed by atoms with Gasteiger partial charge in [-0.3, -0.25) is 14.7 Å². The number of fused-ring (bicyclic) bond motifs is 1. The Labute approximate surface area is 189 Å². The van der Waals surface area contributed by atoms with Crippen molar-refractivity contribution in [2.45, 2.75) is 33.2 Å². The molecule has 0 bridgehead atoms. The molecule has 0 fully saturated rings. The number of rotatable bonds is 7. The van der Waals surface area contributed by atoms with Crippen molar-refractivity contribution in [2.24, 2.45) is 0 Å². The van der Waals surface area contributed by atoms with E-state index < -0.39 is 0 Å². The van der Waals surface area contributed by atoms with Crippen LogP contribution in [0, 0.1) is 13.8 Å². The summed E-state index contributed by atoms with van der Waals surface area (Å²) in [6.45, 7) is 4.25. The largest absolute Gasteiger partial charge is 0.351 e. The number of carbonyl (C=O) groups excluding carboxylic acids is 1. The molecule has 0 unspecified atom stereocenters. The molecule has 2 heterocycles. The summed E-state index contributed by atoms with van der Waals surface area (Å²) in [5.74, 6) is 0.546. The van der Waals surface area contributed by atoms with Gasteiger partial charge < -0.3 is 10.6 Å². The number of hydrogen-bond donors (Lipinski definition) is 3. The van der Waals surface area contributed by atoms with Crippen molar-refractivity contribution in [1.29, 1.82) is 0 Å². The van der Waals surface area contributed by atoms with E-state index in [2.05, 4.69) is 25.7 Å². The highest BCUT2D eigenvalue weighted by Crippen LogP contribution is 2.13. The number of amides is 1. The summed E-state index contributed by atoms with van der Waals surface area (Å²) >= 11 is 5.91. The van der Waals surface area contributed by atoms with Gasteiger partial charge in [0.05, 0.1) is 5.69 Å². The van der Waals surface area contributed by atoms with Crippen molar-refractivity contribution >= 4 is 34.9 Å². The molecule has 1 amide bonds. The lowest BCUT2D eigenvalue weighted by Gasteiger charge is -2.07. The molecular formula is C23H23ClN6O2. The maximum absolute atomic E-state index is 13.0. The summed E-state index contributed by atoms with van der Waals surface area (Å²) in [5.41, 5.74) is 3.65. The number of nitrogens with zero attached hydrogens (tertiary/aromatic N) is 3. The number of carbonyl (C=O) groups is 1. The van der Waals surface area contributed by atoms with E-state index in [4.69, 9.17) is 11.6 Å². The van der Waals surface area contributed by atoms with E-state index in [0.29, 0.717) is 28.8 Å². The van der Waals surface area contributed by atoms with Gasteiger partial charge >= 0.3 is 0 Å². The summed E-state index contributed by atoms with van der Waals surface area (Å²) in [6.07, 6.45) is 0.457. The molecule has 32 heavy (non-hydrogen) atoms. The molecule has 0 aliphatic carbocycles. The fraction of sp³-hybridized carbons (Fsp3) is 0.217. The van der Waals surface area contributed by atoms with Gasteiger partial charge in [0, 0.05) is 29.2 Å². The molecule has 4 rings (SSSR count). The summed E-state index contributed by atoms with van der Waals surface area (Å²) < 4.78 is 1.30. The zero-order valence-electron chi connectivity index (χ0n) is 17.8. The molecule has 2 aromatic heterocycles. The number of aromatic amines is 1. The van der Waals surface area contributed by atoms with Crippen LogP contribution in [0.2, 0.25) is 5.02 Å². The predicted molar refractivity (Wildman–Crippen MR) is 125 cm³/mol. The lowest BCUT2D eigenvalue weighted by atomic mass is 10.1. The number of H-pyrrole nitrogens is 1. The highest BCUT2D eigenvalue weighted by molar-refractivity contribution is 6.30. The van der Waals surface area contributed by atoms with E-state index in [9.17, 15) is 9.59 Å². The van der Waals surface area contributed by atoms with Crippen molar-refractivity contribution in [1.82, 2.24) is 19.6 Å². The third kappa shape index (κ3) is 4.97. The highest BCUT2D eigenvalue weighted by Gasteiger charge is 2.15. The Morgan fingerprint density at radius 1 is 1.06 bits per heavy atom. The van der Waals surface area contributed by atoms with Gasteiger partial charge in [-0.15, -0.1) is 0 Å². The molecule has 0 saturated carbocycles. The Kier molecular flexibility index (Phi) is 6.23. The number of hydrogen-bond acceptors (Lipinski definition) is 5. The van der Waals surface area contributed by atoms with Crippen LogP contribution in [0.3, 0.4) is 0 Å². The van der Waals surface area contributed by atoms with Gasteiger partial charge in [0.2, 0.25) is 11.9 Å². The number of anilines is 2. The Hall–Kier alpha value is -3.65. The molecule has 9 heteroatoms. The number of aryl methyl sites for hydroxylation is 2. The molecule has 0 spiro atoms. The van der Waals surface area contributed by atoms with E-state index in [1.54, 1.807) is 6.92 Å². The number of halogens is 1. The summed E-state index contributed by atoms with van der Waals surface area (Å²) in [4.78, 5) is 34.1. The van der Waals surface area contributed by atoms with Crippen LogP contribution in [0.15, 0.2) is 53.3 Å². The van der Waals surface area contributed by atoms with Crippen LogP contribution in [-0.4, -0.2) is 25.5 Å². The molecule has 8 nitrogen and oxygen atoms in total. The van der Waals surface area contributed by atoms with Crippen molar-refractivity contribution in [3.63, 3.8) is 0 Å². The first-order chi connectivity index (χ1) is 15.4. The lowest BCUT2D eigenvalue weighted by Crippen LogP contribution is -2.23. The summed E-state index contributed by atoms with van der Waals surface area (Å²) in [7, 11) is 0. The Bertz CT molecular complexity index is 1310. The van der Waals surface area contributed by atoms with Gasteiger partial charge in [-0.25, -0.2) is 4.98 Å². The zero-order valence-corrected chi connectivity index (χ0v) is 18.5. The second kappa shape index (κ2) is 9.23. The first-order valence-electron chi connectivity index (χ1n) is 10.2. The van der Waals surface area contributed by atoms with Crippen LogP contribution < -0.4 is 16.2 Å². The van der Waals surface area contributed by atoms with E-state index in [0.717, 1.165) is 16.8 Å². The van der Waals surface area contributed by atoms with E-state index >= 15 is 0 Å². The average Bonchev–Trinajstić information content (AvgIpc) is 3.18. The second-order valence-electron chi connectivity index (χ2n) is 7.58. The van der Waals surface area contributed by atoms with Crippen molar-refractivity contribution < 1.29 is 4.79 Å². The minimum atomic E-state index is -0.261. The van der Waals surface area contributed by atoms with Crippen LogP contribution in [0.4, 0.5) is 11.6 Å². The van der Waals surface area contributed by atoms with E-state index in [-0.39, 0.29) is 30.1 Å². The summed E-state index contributed by atoms with van der Waals surface area (Å²) in [6, 6.07) is 15.0. The number of aromatic nitrogens is 4. The van der Waals surface area contributed by atoms with Crippen molar-refractivity contribution in [3.8, 4) is 0 Å². The third-order valence-corrected chi connectivity index (χ3v) is 5.36. The van der Waals surface area contributed by atoms with Gasteiger partial charge in [-0.2, -0.15) is 9.50 Å². The number of benzene rings is 2. The van der Waals surface area contributed by atoms with Gasteiger partial charge in [-0.1, -0.05) is 41.4 Å². The van der Waals surface area contributed by atoms with Gasteiger partial charge in [0.15, 0.2) is 0 Å². The molecule has 2 aromatic carbocycles. The highest BCUT2D eigenvalue weighted by atomic mass is 35.5. The van der Waals surface area contributed by atoms with Crippen molar-refractivity contribution in [3.05, 3.63) is 86.3 Å². The van der Waals surface area contributed by atoms with Crippen LogP contribution in [0.1, 0.15) is 28.8 Å². The molecule has 0 saturated heterocycles. The molecule has 164 valence electrons. The zero-order chi connectivity index (χ0) is 22.7. The fourth-order valence-corrected chi connectivity index (χ4v) is 3.43. The molecule has 0 radical (unpaired) electrons. The smallest absolute Gasteiger partial charge is 0.277 e. The normalized spacial score (nSPS) is 11.0. The fourth-order valence-electron chi connectivity index (χ4n) is 3.31. The first-order valence-corrected chi connectivity index (χ1v) is 10.6. The molecule has 0 aliphatic rings. The van der Waals surface area contributed by atoms with E-state index in [1.807, 2.05) is 55.5 Å². The Balaban J connectivity index is 1.45. The average molecular weight is 451 g/mol. The van der Waals surface area contributed by atoms with Crippen LogP contribution in [0.5, 0.6) is 0 Å². The monoisotopic (exact) mass is 450 g/mol. The van der Waals surface area contributed by atoms with Gasteiger partial charge in [0.25, 0.3) is 11.3 Å². The Morgan fingerprint density at radius 3 is 2.50 bits per heavy atom. The minimum Gasteiger partial charge on any atom is -0.351 e. The van der Waals surface area contributed by atoms with Gasteiger partial charge in [0.1, 0.15) is 0 Å². The summed E-state index contributed by atoms with van der Waals surface area (Å²) in [5, 5.41) is 9.60. The minimum absolute atomic E-state index is 0.160. The predicted octanol–water partition coefficient (Wildman–Crippen LogP) is 3.87. The molecule has 3 N–H and O–H groups in total. The molecular weight excluding hydrogens is 428 g/mol. The Morgan fingerprint density at radius 2 is 1.78 bits per heavy atom. The van der Waals surface area contributed by atoms with Crippen LogP contribution >= 0.6 is 11.6 Å². The lowest BCUT2D eigenvalue weighted by molar-refractivity contribution is -0.116. The first kappa shape index (κ1) is 21.6. The van der Waals surface area contributed by atoms with Crippen molar-refractivity contribution in [2.75, 3.05) is 10.6 Å². The van der Waals surface area contributed by atoms with Gasteiger partial charge in [-0.05, 0) is 50.1 Å². The van der Waals surface area contributed by atoms with Crippen LogP contribution in [-0.2, 0) is 17.8 Å². The standard InChI is InChI=1S/C23H23ClN6O2/c1-14-3-9-18(10-4-14)27-20(31)12-11-19-15(2)26-23-28-22(29-30(23)21(19)32)25-13-16-5-7-17(24)8-6-16/h3-10H,11-13H2,1-2H3,(H,27,31)(H2,25,26,28,29). The maximum Gasteiger partial charge on any atom is 0.277 e. The maximum atomic E-state index is 13.0. The van der Waals surface area contributed by atoms with Crippen LogP contribution in [0.25, 0.3) is 5.78 Å². The molecule has 4 aromatic rings. The quantitative estimate of drug-likeness (QED) is 0.396. The SMILES string of the molecule is Cc1ccc(NC(=O)CCc2c(C)nc3nc(NCc4ccc(Cl)cc4)[nH]n3c2=O)cc1.